The second kappa shape index (κ2) is 6.77. The summed E-state index contributed by atoms with van der Waals surface area (Å²) in [5.74, 6) is 0.985. The smallest absolute Gasteiger partial charge is 0.240 e. The Morgan fingerprint density at radius 3 is 2.76 bits per heavy atom. The Balaban J connectivity index is 2.13. The van der Waals surface area contributed by atoms with Gasteiger partial charge in [0.2, 0.25) is 10.0 Å². The molecule has 2 unspecified atom stereocenters. The van der Waals surface area contributed by atoms with Gasteiger partial charge in [-0.05, 0) is 43.9 Å². The van der Waals surface area contributed by atoms with Gasteiger partial charge >= 0.3 is 0 Å². The van der Waals surface area contributed by atoms with Crippen molar-refractivity contribution < 1.29 is 18.3 Å². The molecule has 5 nitrogen and oxygen atoms in total. The minimum absolute atomic E-state index is 0.0547. The van der Waals surface area contributed by atoms with Gasteiger partial charge in [-0.2, -0.15) is 0 Å². The summed E-state index contributed by atoms with van der Waals surface area (Å²) in [5.41, 5.74) is 0.487. The van der Waals surface area contributed by atoms with Gasteiger partial charge in [0.1, 0.15) is 5.75 Å². The van der Waals surface area contributed by atoms with Gasteiger partial charge in [-0.1, -0.05) is 13.3 Å². The molecule has 2 atom stereocenters. The van der Waals surface area contributed by atoms with Crippen molar-refractivity contribution in [3.05, 3.63) is 23.8 Å². The van der Waals surface area contributed by atoms with Gasteiger partial charge < -0.3 is 9.84 Å². The highest BCUT2D eigenvalue weighted by Crippen LogP contribution is 2.36. The molecule has 1 aliphatic carbocycles. The largest absolute Gasteiger partial charge is 0.494 e. The van der Waals surface area contributed by atoms with Gasteiger partial charge in [0, 0.05) is 11.6 Å². The molecule has 0 saturated heterocycles. The molecule has 0 spiro atoms. The lowest BCUT2D eigenvalue weighted by Crippen LogP contribution is -2.27. The summed E-state index contributed by atoms with van der Waals surface area (Å²) >= 11 is 0. The van der Waals surface area contributed by atoms with E-state index in [1.807, 2.05) is 6.92 Å². The molecule has 0 amide bonds. The van der Waals surface area contributed by atoms with Gasteiger partial charge in [-0.25, -0.2) is 13.1 Å². The predicted molar refractivity (Wildman–Crippen MR) is 80.7 cm³/mol. The van der Waals surface area contributed by atoms with Gasteiger partial charge in [0.05, 0.1) is 18.1 Å². The second-order valence-corrected chi connectivity index (χ2v) is 7.09. The molecule has 0 heterocycles. The van der Waals surface area contributed by atoms with Crippen molar-refractivity contribution in [1.82, 2.24) is 4.72 Å². The number of ether oxygens (including phenoxy) is 1. The predicted octanol–water partition coefficient (Wildman–Crippen LogP) is 2.04. The fourth-order valence-electron chi connectivity index (χ4n) is 2.49. The zero-order valence-corrected chi connectivity index (χ0v) is 13.3. The van der Waals surface area contributed by atoms with Crippen molar-refractivity contribution in [3.63, 3.8) is 0 Å². The first-order valence-electron chi connectivity index (χ1n) is 7.40. The third-order valence-electron chi connectivity index (χ3n) is 3.70. The second-order valence-electron chi connectivity index (χ2n) is 5.37. The highest BCUT2D eigenvalue weighted by atomic mass is 32.2. The van der Waals surface area contributed by atoms with Crippen LogP contribution in [0.1, 0.15) is 38.7 Å². The van der Waals surface area contributed by atoms with Crippen LogP contribution in [0.4, 0.5) is 0 Å². The maximum Gasteiger partial charge on any atom is 0.240 e. The van der Waals surface area contributed by atoms with E-state index < -0.39 is 10.0 Å². The van der Waals surface area contributed by atoms with Gasteiger partial charge in [0.15, 0.2) is 0 Å². The molecule has 1 fully saturated rings. The number of benzene rings is 1. The van der Waals surface area contributed by atoms with Crippen LogP contribution in [-0.2, 0) is 16.6 Å². The summed E-state index contributed by atoms with van der Waals surface area (Å²) in [6.07, 6.45) is 3.04. The summed E-state index contributed by atoms with van der Waals surface area (Å²) in [6, 6.07) is 4.65. The number of aliphatic hydroxyl groups excluding tert-OH is 1. The molecular weight excluding hydrogens is 290 g/mol. The van der Waals surface area contributed by atoms with Crippen molar-refractivity contribution in [2.75, 3.05) is 6.61 Å². The first-order valence-corrected chi connectivity index (χ1v) is 8.89. The summed E-state index contributed by atoms with van der Waals surface area (Å²) < 4.78 is 32.8. The van der Waals surface area contributed by atoms with E-state index >= 15 is 0 Å². The topological polar surface area (TPSA) is 75.6 Å². The fraction of sp³-hybridized carbons (Fsp3) is 0.600. The lowest BCUT2D eigenvalue weighted by molar-refractivity contribution is 0.266. The molecule has 1 aliphatic rings. The molecule has 0 aromatic heterocycles. The van der Waals surface area contributed by atoms with E-state index in [0.717, 1.165) is 19.3 Å². The number of aliphatic hydroxyl groups is 1. The van der Waals surface area contributed by atoms with E-state index in [9.17, 15) is 13.5 Å². The Bertz CT molecular complexity index is 585. The number of nitrogens with one attached hydrogen (secondary N) is 1. The lowest BCUT2D eigenvalue weighted by Gasteiger charge is -2.11. The van der Waals surface area contributed by atoms with E-state index in [2.05, 4.69) is 11.6 Å². The Kier molecular flexibility index (Phi) is 5.24. The first-order chi connectivity index (χ1) is 10.0. The minimum atomic E-state index is -3.53. The minimum Gasteiger partial charge on any atom is -0.494 e. The molecule has 1 aromatic carbocycles. The first kappa shape index (κ1) is 16.3. The van der Waals surface area contributed by atoms with Crippen LogP contribution in [0.3, 0.4) is 0 Å². The Morgan fingerprint density at radius 2 is 2.14 bits per heavy atom. The molecule has 1 aromatic rings. The van der Waals surface area contributed by atoms with E-state index in [0.29, 0.717) is 23.8 Å². The van der Waals surface area contributed by atoms with Crippen LogP contribution in [-0.4, -0.2) is 26.2 Å². The average Bonchev–Trinajstić information content (AvgIpc) is 3.16. The van der Waals surface area contributed by atoms with E-state index in [1.54, 1.807) is 6.07 Å². The fourth-order valence-corrected chi connectivity index (χ4v) is 3.86. The summed E-state index contributed by atoms with van der Waals surface area (Å²) in [6.45, 7) is 4.16. The van der Waals surface area contributed by atoms with Crippen molar-refractivity contribution in [3.8, 4) is 5.75 Å². The molecule has 0 aliphatic heterocycles. The van der Waals surface area contributed by atoms with Crippen molar-refractivity contribution in [2.45, 2.75) is 50.7 Å². The zero-order chi connectivity index (χ0) is 15.5. The van der Waals surface area contributed by atoms with Crippen LogP contribution >= 0.6 is 0 Å². The Morgan fingerprint density at radius 1 is 1.38 bits per heavy atom. The van der Waals surface area contributed by atoms with Crippen molar-refractivity contribution in [1.29, 1.82) is 0 Å². The van der Waals surface area contributed by atoms with E-state index in [-0.39, 0.29) is 17.5 Å². The van der Waals surface area contributed by atoms with Crippen molar-refractivity contribution >= 4 is 10.0 Å². The average molecular weight is 313 g/mol. The van der Waals surface area contributed by atoms with E-state index in [1.165, 1.54) is 12.1 Å². The highest BCUT2D eigenvalue weighted by molar-refractivity contribution is 7.89. The molecule has 6 heteroatoms. The molecule has 2 N–H and O–H groups in total. The molecule has 0 radical (unpaired) electrons. The molecular formula is C15H23NO4S. The number of sulfonamides is 1. The van der Waals surface area contributed by atoms with Crippen LogP contribution < -0.4 is 9.46 Å². The van der Waals surface area contributed by atoms with Gasteiger partial charge in [-0.15, -0.1) is 0 Å². The summed E-state index contributed by atoms with van der Waals surface area (Å²) in [7, 11) is -3.53. The summed E-state index contributed by atoms with van der Waals surface area (Å²) in [5, 5.41) is 9.35. The Hall–Kier alpha value is -1.11. The third-order valence-corrected chi connectivity index (χ3v) is 5.19. The lowest BCUT2D eigenvalue weighted by atomic mass is 10.2. The maximum atomic E-state index is 12.3. The highest BCUT2D eigenvalue weighted by Gasteiger charge is 2.39. The molecule has 0 bridgehead atoms. The Labute approximate surface area is 126 Å². The molecule has 1 saturated carbocycles. The maximum absolute atomic E-state index is 12.3. The summed E-state index contributed by atoms with van der Waals surface area (Å²) in [4.78, 5) is 0.178. The normalized spacial score (nSPS) is 21.3. The number of rotatable bonds is 8. The number of hydrogen-bond acceptors (Lipinski definition) is 4. The monoisotopic (exact) mass is 313 g/mol. The third kappa shape index (κ3) is 3.96. The van der Waals surface area contributed by atoms with Crippen LogP contribution in [0.2, 0.25) is 0 Å². The van der Waals surface area contributed by atoms with Gasteiger partial charge in [-0.3, -0.25) is 0 Å². The van der Waals surface area contributed by atoms with Crippen LogP contribution in [0.5, 0.6) is 5.75 Å². The van der Waals surface area contributed by atoms with Crippen LogP contribution in [0.15, 0.2) is 23.1 Å². The van der Waals surface area contributed by atoms with Crippen LogP contribution in [0.25, 0.3) is 0 Å². The zero-order valence-electron chi connectivity index (χ0n) is 12.5. The van der Waals surface area contributed by atoms with Gasteiger partial charge in [0.25, 0.3) is 0 Å². The molecule has 2 rings (SSSR count). The number of hydrogen-bond donors (Lipinski definition) is 2. The molecule has 118 valence electrons. The molecule has 21 heavy (non-hydrogen) atoms. The SMILES string of the molecule is CCCC1CC1NS(=O)(=O)c1ccc(OCC)c(CO)c1. The van der Waals surface area contributed by atoms with E-state index in [4.69, 9.17) is 4.74 Å². The standard InChI is InChI=1S/C15H23NO4S/c1-3-5-11-9-14(11)16-21(18,19)13-6-7-15(20-4-2)12(8-13)10-17/h6-8,11,14,16-17H,3-5,9-10H2,1-2H3. The van der Waals surface area contributed by atoms with Crippen molar-refractivity contribution in [2.24, 2.45) is 5.92 Å². The quantitative estimate of drug-likeness (QED) is 0.770. The van der Waals surface area contributed by atoms with Crippen LogP contribution in [0, 0.1) is 5.92 Å².